The third-order valence-corrected chi connectivity index (χ3v) is 2.54. The number of H-pyrrole nitrogens is 1. The van der Waals surface area contributed by atoms with Crippen LogP contribution in [0.15, 0.2) is 0 Å². The summed E-state index contributed by atoms with van der Waals surface area (Å²) in [4.78, 5) is 15.2. The summed E-state index contributed by atoms with van der Waals surface area (Å²) in [5.41, 5.74) is 0. The normalized spacial score (nSPS) is 15.3. The van der Waals surface area contributed by atoms with Gasteiger partial charge in [-0.1, -0.05) is 0 Å². The number of halogens is 1. The van der Waals surface area contributed by atoms with Crippen molar-refractivity contribution >= 4 is 17.5 Å². The van der Waals surface area contributed by atoms with E-state index in [1.807, 2.05) is 0 Å². The van der Waals surface area contributed by atoms with Gasteiger partial charge in [-0.25, -0.2) is 4.98 Å². The van der Waals surface area contributed by atoms with Gasteiger partial charge in [-0.3, -0.25) is 9.89 Å². The number of carbonyl (C=O) groups is 1. The molecule has 0 bridgehead atoms. The van der Waals surface area contributed by atoms with Gasteiger partial charge >= 0.3 is 0 Å². The third kappa shape index (κ3) is 2.92. The van der Waals surface area contributed by atoms with Gasteiger partial charge in [0.15, 0.2) is 5.82 Å². The summed E-state index contributed by atoms with van der Waals surface area (Å²) >= 11 is 5.34. The Bertz CT molecular complexity index is 348. The maximum Gasteiger partial charge on any atom is 0.234 e. The van der Waals surface area contributed by atoms with Crippen LogP contribution < -0.4 is 5.32 Å². The van der Waals surface area contributed by atoms with Gasteiger partial charge in [-0.05, 0) is 12.8 Å². The predicted octanol–water partition coefficient (Wildman–Crippen LogP) is 0.580. The SMILES string of the molecule is O=C(CCl)NCCc1nc(C2CC2)n[nH]1. The number of nitrogens with zero attached hydrogens (tertiary/aromatic N) is 2. The highest BCUT2D eigenvalue weighted by molar-refractivity contribution is 6.27. The molecule has 82 valence electrons. The van der Waals surface area contributed by atoms with Crippen molar-refractivity contribution in [1.29, 1.82) is 0 Å². The number of aromatic amines is 1. The monoisotopic (exact) mass is 228 g/mol. The second-order valence-electron chi connectivity index (χ2n) is 3.65. The highest BCUT2D eigenvalue weighted by Gasteiger charge is 2.27. The molecule has 0 aliphatic heterocycles. The molecule has 6 heteroatoms. The van der Waals surface area contributed by atoms with E-state index in [4.69, 9.17) is 11.6 Å². The van der Waals surface area contributed by atoms with Gasteiger partial charge in [0.25, 0.3) is 0 Å². The molecule has 1 amide bonds. The summed E-state index contributed by atoms with van der Waals surface area (Å²) in [5.74, 6) is 2.15. The van der Waals surface area contributed by atoms with Crippen molar-refractivity contribution in [3.63, 3.8) is 0 Å². The minimum Gasteiger partial charge on any atom is -0.355 e. The second kappa shape index (κ2) is 4.61. The molecule has 1 aliphatic rings. The van der Waals surface area contributed by atoms with Crippen molar-refractivity contribution in [2.75, 3.05) is 12.4 Å². The maximum atomic E-state index is 10.8. The number of rotatable bonds is 5. The highest BCUT2D eigenvalue weighted by atomic mass is 35.5. The fourth-order valence-electron chi connectivity index (χ4n) is 1.31. The van der Waals surface area contributed by atoms with Crippen LogP contribution in [0, 0.1) is 0 Å². The zero-order chi connectivity index (χ0) is 10.7. The number of aromatic nitrogens is 3. The lowest BCUT2D eigenvalue weighted by atomic mass is 10.4. The van der Waals surface area contributed by atoms with Crippen LogP contribution in [0.4, 0.5) is 0 Å². The Balaban J connectivity index is 1.75. The fourth-order valence-corrected chi connectivity index (χ4v) is 1.41. The minimum atomic E-state index is -0.154. The topological polar surface area (TPSA) is 70.7 Å². The standard InChI is InChI=1S/C9H13ClN4O/c10-5-8(15)11-4-3-7-12-9(14-13-7)6-1-2-6/h6H,1-5H2,(H,11,15)(H,12,13,14). The molecule has 0 aromatic carbocycles. The van der Waals surface area contributed by atoms with Crippen LogP contribution in [0.5, 0.6) is 0 Å². The number of carbonyl (C=O) groups excluding carboxylic acids is 1. The summed E-state index contributed by atoms with van der Waals surface area (Å²) < 4.78 is 0. The first-order valence-electron chi connectivity index (χ1n) is 5.03. The summed E-state index contributed by atoms with van der Waals surface area (Å²) in [6.07, 6.45) is 3.06. The van der Waals surface area contributed by atoms with E-state index in [9.17, 15) is 4.79 Å². The summed E-state index contributed by atoms with van der Waals surface area (Å²) in [7, 11) is 0. The van der Waals surface area contributed by atoms with E-state index in [0.29, 0.717) is 18.9 Å². The number of hydrogen-bond donors (Lipinski definition) is 2. The molecular formula is C9H13ClN4O. The van der Waals surface area contributed by atoms with Gasteiger partial charge in [-0.2, -0.15) is 5.10 Å². The maximum absolute atomic E-state index is 10.8. The number of amides is 1. The van der Waals surface area contributed by atoms with E-state index in [1.165, 1.54) is 12.8 Å². The Morgan fingerprint density at radius 1 is 1.60 bits per heavy atom. The first-order chi connectivity index (χ1) is 7.29. The molecule has 0 saturated heterocycles. The predicted molar refractivity (Wildman–Crippen MR) is 55.8 cm³/mol. The first kappa shape index (κ1) is 10.4. The van der Waals surface area contributed by atoms with Gasteiger partial charge in [0.2, 0.25) is 5.91 Å². The Labute approximate surface area is 92.6 Å². The van der Waals surface area contributed by atoms with Crippen LogP contribution in [-0.2, 0) is 11.2 Å². The molecule has 0 atom stereocenters. The van der Waals surface area contributed by atoms with Crippen molar-refractivity contribution in [3.8, 4) is 0 Å². The van der Waals surface area contributed by atoms with E-state index >= 15 is 0 Å². The van der Waals surface area contributed by atoms with Crippen molar-refractivity contribution in [2.24, 2.45) is 0 Å². The molecule has 1 aromatic rings. The van der Waals surface area contributed by atoms with E-state index in [0.717, 1.165) is 11.6 Å². The smallest absolute Gasteiger partial charge is 0.234 e. The van der Waals surface area contributed by atoms with Crippen molar-refractivity contribution in [2.45, 2.75) is 25.2 Å². The average Bonchev–Trinajstić information content (AvgIpc) is 2.99. The molecule has 2 rings (SSSR count). The largest absolute Gasteiger partial charge is 0.355 e. The van der Waals surface area contributed by atoms with Crippen LogP contribution in [-0.4, -0.2) is 33.5 Å². The molecule has 1 saturated carbocycles. The van der Waals surface area contributed by atoms with Crippen LogP contribution in [0.25, 0.3) is 0 Å². The molecule has 5 nitrogen and oxygen atoms in total. The third-order valence-electron chi connectivity index (χ3n) is 2.30. The molecule has 1 heterocycles. The number of hydrogen-bond acceptors (Lipinski definition) is 3. The molecule has 0 unspecified atom stereocenters. The Kier molecular flexibility index (Phi) is 3.20. The van der Waals surface area contributed by atoms with Crippen molar-refractivity contribution < 1.29 is 4.79 Å². The molecule has 15 heavy (non-hydrogen) atoms. The van der Waals surface area contributed by atoms with Crippen molar-refractivity contribution in [1.82, 2.24) is 20.5 Å². The average molecular weight is 229 g/mol. The lowest BCUT2D eigenvalue weighted by Crippen LogP contribution is -2.26. The van der Waals surface area contributed by atoms with E-state index in [2.05, 4.69) is 20.5 Å². The molecule has 1 fully saturated rings. The van der Waals surface area contributed by atoms with Crippen molar-refractivity contribution in [3.05, 3.63) is 11.6 Å². The zero-order valence-electron chi connectivity index (χ0n) is 8.29. The van der Waals surface area contributed by atoms with Gasteiger partial charge in [-0.15, -0.1) is 11.6 Å². The summed E-state index contributed by atoms with van der Waals surface area (Å²) in [6, 6.07) is 0. The Morgan fingerprint density at radius 3 is 3.07 bits per heavy atom. The van der Waals surface area contributed by atoms with Crippen LogP contribution in [0.2, 0.25) is 0 Å². The first-order valence-corrected chi connectivity index (χ1v) is 5.57. The van der Waals surface area contributed by atoms with E-state index < -0.39 is 0 Å². The zero-order valence-corrected chi connectivity index (χ0v) is 9.05. The Morgan fingerprint density at radius 2 is 2.40 bits per heavy atom. The van der Waals surface area contributed by atoms with E-state index in [-0.39, 0.29) is 11.8 Å². The van der Waals surface area contributed by atoms with Gasteiger partial charge in [0.1, 0.15) is 11.7 Å². The minimum absolute atomic E-state index is 0.00370. The lowest BCUT2D eigenvalue weighted by molar-refractivity contribution is -0.118. The summed E-state index contributed by atoms with van der Waals surface area (Å²) in [6.45, 7) is 0.546. The number of alkyl halides is 1. The number of nitrogens with one attached hydrogen (secondary N) is 2. The highest BCUT2D eigenvalue weighted by Crippen LogP contribution is 2.37. The molecule has 1 aliphatic carbocycles. The van der Waals surface area contributed by atoms with Crippen LogP contribution in [0.1, 0.15) is 30.4 Å². The molecular weight excluding hydrogens is 216 g/mol. The molecule has 0 radical (unpaired) electrons. The molecule has 2 N–H and O–H groups in total. The van der Waals surface area contributed by atoms with E-state index in [1.54, 1.807) is 0 Å². The summed E-state index contributed by atoms with van der Waals surface area (Å²) in [5, 5.41) is 9.67. The van der Waals surface area contributed by atoms with Gasteiger partial charge in [0.05, 0.1) is 0 Å². The fraction of sp³-hybridized carbons (Fsp3) is 0.667. The molecule has 0 spiro atoms. The molecule has 1 aromatic heterocycles. The van der Waals surface area contributed by atoms with Crippen LogP contribution in [0.3, 0.4) is 0 Å². The quantitative estimate of drug-likeness (QED) is 0.725. The van der Waals surface area contributed by atoms with Crippen LogP contribution >= 0.6 is 11.6 Å². The second-order valence-corrected chi connectivity index (χ2v) is 3.92. The van der Waals surface area contributed by atoms with Gasteiger partial charge in [0, 0.05) is 18.9 Å². The van der Waals surface area contributed by atoms with Gasteiger partial charge < -0.3 is 5.32 Å². The Hall–Kier alpha value is -1.10. The lowest BCUT2D eigenvalue weighted by Gasteiger charge is -1.99.